The van der Waals surface area contributed by atoms with Crippen LogP contribution in [0.5, 0.6) is 0 Å². The Hall–Kier alpha value is -2.52. The fourth-order valence-corrected chi connectivity index (χ4v) is 3.70. The van der Waals surface area contributed by atoms with Crippen LogP contribution in [0.15, 0.2) is 41.0 Å². The van der Waals surface area contributed by atoms with Gasteiger partial charge in [0.1, 0.15) is 11.5 Å². The van der Waals surface area contributed by atoms with E-state index < -0.39 is 9.73 Å². The van der Waals surface area contributed by atoms with Gasteiger partial charge in [0.25, 0.3) is 0 Å². The maximum absolute atomic E-state index is 12.3. The molecule has 1 fully saturated rings. The summed E-state index contributed by atoms with van der Waals surface area (Å²) in [5, 5.41) is 0. The molecular formula is C18H22N6O2S. The van der Waals surface area contributed by atoms with Gasteiger partial charge in [-0.05, 0) is 19.1 Å². The molecule has 0 bridgehead atoms. The van der Waals surface area contributed by atoms with Crippen LogP contribution in [0.3, 0.4) is 0 Å². The van der Waals surface area contributed by atoms with E-state index in [-0.39, 0.29) is 6.04 Å². The number of hydrogen-bond acceptors (Lipinski definition) is 7. The van der Waals surface area contributed by atoms with Gasteiger partial charge in [0, 0.05) is 47.2 Å². The van der Waals surface area contributed by atoms with Crippen molar-refractivity contribution in [1.82, 2.24) is 19.4 Å². The molecule has 0 unspecified atom stereocenters. The molecule has 1 aliphatic rings. The van der Waals surface area contributed by atoms with E-state index in [1.807, 2.05) is 28.8 Å². The summed E-state index contributed by atoms with van der Waals surface area (Å²) in [6, 6.07) is 7.77. The van der Waals surface area contributed by atoms with E-state index in [2.05, 4.69) is 26.2 Å². The predicted molar refractivity (Wildman–Crippen MR) is 106 cm³/mol. The molecule has 27 heavy (non-hydrogen) atoms. The molecule has 0 aromatic carbocycles. The molecule has 1 saturated heterocycles. The molecule has 4 rings (SSSR count). The van der Waals surface area contributed by atoms with E-state index >= 15 is 0 Å². The fraction of sp³-hybridized carbons (Fsp3) is 0.389. The lowest BCUT2D eigenvalue weighted by Crippen LogP contribution is -2.44. The minimum absolute atomic E-state index is 0.186. The highest BCUT2D eigenvalue weighted by Gasteiger charge is 2.22. The molecule has 0 N–H and O–H groups in total. The SMILES string of the molecule is C[C@@H]1COCCN1c1cc(N=S(C)(C)=O)nc(-c2cccc3nccn23)n1. The summed E-state index contributed by atoms with van der Waals surface area (Å²) in [6.07, 6.45) is 6.81. The van der Waals surface area contributed by atoms with Gasteiger partial charge >= 0.3 is 0 Å². The van der Waals surface area contributed by atoms with Crippen molar-refractivity contribution in [2.24, 2.45) is 4.36 Å². The van der Waals surface area contributed by atoms with Gasteiger partial charge in [-0.25, -0.2) is 19.2 Å². The summed E-state index contributed by atoms with van der Waals surface area (Å²) in [6.45, 7) is 4.11. The molecule has 3 aromatic rings. The third-order valence-electron chi connectivity index (χ3n) is 4.33. The van der Waals surface area contributed by atoms with Gasteiger partial charge in [-0.15, -0.1) is 0 Å². The second kappa shape index (κ2) is 6.90. The van der Waals surface area contributed by atoms with Gasteiger partial charge in [0.15, 0.2) is 11.6 Å². The molecular weight excluding hydrogens is 364 g/mol. The lowest BCUT2D eigenvalue weighted by Gasteiger charge is -2.34. The number of fused-ring (bicyclic) bond motifs is 1. The summed E-state index contributed by atoms with van der Waals surface area (Å²) in [5.41, 5.74) is 1.62. The number of aromatic nitrogens is 4. The van der Waals surface area contributed by atoms with Crippen LogP contribution in [-0.2, 0) is 14.5 Å². The summed E-state index contributed by atoms with van der Waals surface area (Å²) in [4.78, 5) is 15.9. The second-order valence-electron chi connectivity index (χ2n) is 6.86. The van der Waals surface area contributed by atoms with Crippen LogP contribution in [0.1, 0.15) is 6.92 Å². The molecule has 0 spiro atoms. The van der Waals surface area contributed by atoms with Crippen LogP contribution in [0, 0.1) is 0 Å². The normalized spacial score (nSPS) is 18.0. The third-order valence-corrected chi connectivity index (χ3v) is 4.96. The first-order valence-electron chi connectivity index (χ1n) is 8.74. The summed E-state index contributed by atoms with van der Waals surface area (Å²) < 4.78 is 24.0. The number of morpholine rings is 1. The number of hydrogen-bond donors (Lipinski definition) is 0. The minimum Gasteiger partial charge on any atom is -0.377 e. The fourth-order valence-electron chi connectivity index (χ4n) is 3.15. The van der Waals surface area contributed by atoms with Crippen molar-refractivity contribution in [3.63, 3.8) is 0 Å². The smallest absolute Gasteiger partial charge is 0.180 e. The quantitative estimate of drug-likeness (QED) is 0.687. The number of ether oxygens (including phenoxy) is 1. The average Bonchev–Trinajstić information content (AvgIpc) is 3.09. The Morgan fingerprint density at radius 2 is 2.15 bits per heavy atom. The van der Waals surface area contributed by atoms with Crippen LogP contribution in [0.4, 0.5) is 11.6 Å². The first kappa shape index (κ1) is 17.9. The second-order valence-corrected chi connectivity index (χ2v) is 9.41. The zero-order valence-electron chi connectivity index (χ0n) is 15.6. The molecule has 1 aliphatic heterocycles. The average molecular weight is 386 g/mol. The van der Waals surface area contributed by atoms with Crippen molar-refractivity contribution in [1.29, 1.82) is 0 Å². The zero-order chi connectivity index (χ0) is 19.0. The molecule has 8 nitrogen and oxygen atoms in total. The van der Waals surface area contributed by atoms with Crippen LogP contribution in [-0.4, -0.2) is 61.9 Å². The molecule has 0 aliphatic carbocycles. The van der Waals surface area contributed by atoms with Gasteiger partial charge in [0.05, 0.1) is 24.9 Å². The first-order valence-corrected chi connectivity index (χ1v) is 11.1. The van der Waals surface area contributed by atoms with Crippen LogP contribution in [0.2, 0.25) is 0 Å². The number of imidazole rings is 1. The van der Waals surface area contributed by atoms with Crippen LogP contribution in [0.25, 0.3) is 17.2 Å². The first-order chi connectivity index (χ1) is 12.9. The minimum atomic E-state index is -2.35. The Morgan fingerprint density at radius 1 is 1.30 bits per heavy atom. The van der Waals surface area contributed by atoms with E-state index in [1.54, 1.807) is 24.8 Å². The van der Waals surface area contributed by atoms with Crippen LogP contribution < -0.4 is 4.90 Å². The summed E-state index contributed by atoms with van der Waals surface area (Å²) in [7, 11) is -2.35. The number of nitrogens with zero attached hydrogens (tertiary/aromatic N) is 6. The molecule has 1 atom stereocenters. The Kier molecular flexibility index (Phi) is 4.56. The molecule has 0 saturated carbocycles. The van der Waals surface area contributed by atoms with E-state index in [0.29, 0.717) is 24.9 Å². The molecule has 0 amide bonds. The molecule has 3 aromatic heterocycles. The molecule has 4 heterocycles. The van der Waals surface area contributed by atoms with E-state index in [1.165, 1.54) is 0 Å². The number of anilines is 1. The largest absolute Gasteiger partial charge is 0.377 e. The van der Waals surface area contributed by atoms with E-state index in [4.69, 9.17) is 9.72 Å². The maximum atomic E-state index is 12.3. The van der Waals surface area contributed by atoms with Crippen LogP contribution >= 0.6 is 0 Å². The topological polar surface area (TPSA) is 85.0 Å². The summed E-state index contributed by atoms with van der Waals surface area (Å²) in [5.74, 6) is 1.70. The van der Waals surface area contributed by atoms with Gasteiger partial charge in [-0.3, -0.25) is 4.40 Å². The lowest BCUT2D eigenvalue weighted by atomic mass is 10.2. The Morgan fingerprint density at radius 3 is 2.93 bits per heavy atom. The highest BCUT2D eigenvalue weighted by Crippen LogP contribution is 2.27. The highest BCUT2D eigenvalue weighted by atomic mass is 32.2. The van der Waals surface area contributed by atoms with Gasteiger partial charge in [-0.2, -0.15) is 4.36 Å². The Balaban J connectivity index is 1.91. The highest BCUT2D eigenvalue weighted by molar-refractivity contribution is 7.92. The Bertz CT molecular complexity index is 1090. The number of rotatable bonds is 3. The zero-order valence-corrected chi connectivity index (χ0v) is 16.4. The van der Waals surface area contributed by atoms with Crippen molar-refractivity contribution >= 4 is 27.0 Å². The van der Waals surface area contributed by atoms with Gasteiger partial charge < -0.3 is 9.64 Å². The predicted octanol–water partition coefficient (Wildman–Crippen LogP) is 2.38. The van der Waals surface area contributed by atoms with Crippen molar-refractivity contribution in [2.75, 3.05) is 37.2 Å². The van der Waals surface area contributed by atoms with E-state index in [9.17, 15) is 4.21 Å². The lowest BCUT2D eigenvalue weighted by molar-refractivity contribution is 0.0985. The summed E-state index contributed by atoms with van der Waals surface area (Å²) >= 11 is 0. The van der Waals surface area contributed by atoms with Crippen molar-refractivity contribution in [2.45, 2.75) is 13.0 Å². The van der Waals surface area contributed by atoms with Crippen molar-refractivity contribution in [3.05, 3.63) is 36.7 Å². The van der Waals surface area contributed by atoms with Crippen molar-refractivity contribution < 1.29 is 8.95 Å². The standard InChI is InChI=1S/C18H22N6O2S/c1-13-12-26-10-9-23(13)17-11-15(22-27(2,3)25)20-18(21-17)14-5-4-6-16-19-7-8-24(14)16/h4-8,11,13H,9-10,12H2,1-3H3/t13-/m1/s1. The maximum Gasteiger partial charge on any atom is 0.180 e. The van der Waals surface area contributed by atoms with Gasteiger partial charge in [0.2, 0.25) is 0 Å². The van der Waals surface area contributed by atoms with E-state index in [0.717, 1.165) is 23.7 Å². The molecule has 142 valence electrons. The Labute approximate surface area is 158 Å². The number of pyridine rings is 1. The molecule has 9 heteroatoms. The van der Waals surface area contributed by atoms with Gasteiger partial charge in [-0.1, -0.05) is 6.07 Å². The van der Waals surface area contributed by atoms with Crippen molar-refractivity contribution in [3.8, 4) is 11.5 Å². The third kappa shape index (κ3) is 3.79. The molecule has 0 radical (unpaired) electrons. The monoisotopic (exact) mass is 386 g/mol.